The molecule has 4 heteroatoms. The fraction of sp³-hybridized carbons (Fsp3) is 0.267. The molecule has 6 rings (SSSR count). The van der Waals surface area contributed by atoms with Crippen LogP contribution in [0.2, 0.25) is 0 Å². The number of hydrogen-bond acceptors (Lipinski definition) is 2. The van der Waals surface area contributed by atoms with Crippen molar-refractivity contribution in [3.05, 3.63) is 101 Å². The molecule has 34 heavy (non-hydrogen) atoms. The SMILES string of the molecule is Fc1ccc2c(c1)C=C(c1cccc(N3CCC(NCCc4c[nH]c5ccccc45)CC3)c1)C2. The van der Waals surface area contributed by atoms with E-state index >= 15 is 0 Å². The third kappa shape index (κ3) is 4.26. The lowest BCUT2D eigenvalue weighted by molar-refractivity contribution is 0.418. The van der Waals surface area contributed by atoms with Crippen LogP contribution >= 0.6 is 0 Å². The topological polar surface area (TPSA) is 31.1 Å². The van der Waals surface area contributed by atoms with Crippen LogP contribution in [0.3, 0.4) is 0 Å². The summed E-state index contributed by atoms with van der Waals surface area (Å²) in [6.45, 7) is 3.15. The zero-order valence-electron chi connectivity index (χ0n) is 19.4. The number of rotatable bonds is 6. The van der Waals surface area contributed by atoms with Crippen LogP contribution in [0.25, 0.3) is 22.6 Å². The molecule has 3 nitrogen and oxygen atoms in total. The third-order valence-corrected chi connectivity index (χ3v) is 7.40. The number of halogens is 1. The number of anilines is 1. The molecule has 0 spiro atoms. The number of H-pyrrole nitrogens is 1. The van der Waals surface area contributed by atoms with Gasteiger partial charge in [0.15, 0.2) is 0 Å². The number of allylic oxidation sites excluding steroid dienone is 1. The van der Waals surface area contributed by atoms with Crippen molar-refractivity contribution in [3.8, 4) is 0 Å². The second-order valence-electron chi connectivity index (χ2n) is 9.56. The Labute approximate surface area is 200 Å². The number of fused-ring (bicyclic) bond motifs is 2. The third-order valence-electron chi connectivity index (χ3n) is 7.40. The Morgan fingerprint density at radius 3 is 2.76 bits per heavy atom. The number of hydrogen-bond donors (Lipinski definition) is 2. The van der Waals surface area contributed by atoms with Crippen LogP contribution in [0.5, 0.6) is 0 Å². The van der Waals surface area contributed by atoms with E-state index in [9.17, 15) is 4.39 Å². The molecule has 0 atom stereocenters. The summed E-state index contributed by atoms with van der Waals surface area (Å²) in [5, 5.41) is 5.12. The first-order chi connectivity index (χ1) is 16.7. The van der Waals surface area contributed by atoms with Gasteiger partial charge in [-0.3, -0.25) is 0 Å². The Morgan fingerprint density at radius 1 is 0.971 bits per heavy atom. The predicted octanol–water partition coefficient (Wildman–Crippen LogP) is 6.20. The molecule has 3 aromatic carbocycles. The number of aromatic nitrogens is 1. The average Bonchev–Trinajstić information content (AvgIpc) is 3.49. The van der Waals surface area contributed by atoms with Crippen molar-refractivity contribution >= 4 is 28.2 Å². The second-order valence-corrected chi connectivity index (χ2v) is 9.56. The van der Waals surface area contributed by atoms with Gasteiger partial charge in [-0.2, -0.15) is 0 Å². The number of aromatic amines is 1. The minimum Gasteiger partial charge on any atom is -0.371 e. The van der Waals surface area contributed by atoms with Crippen molar-refractivity contribution in [3.63, 3.8) is 0 Å². The zero-order chi connectivity index (χ0) is 22.9. The Balaban J connectivity index is 1.04. The molecule has 2 heterocycles. The first kappa shape index (κ1) is 21.2. The Bertz CT molecular complexity index is 1340. The van der Waals surface area contributed by atoms with E-state index in [2.05, 4.69) is 76.0 Å². The summed E-state index contributed by atoms with van der Waals surface area (Å²) >= 11 is 0. The predicted molar refractivity (Wildman–Crippen MR) is 140 cm³/mol. The van der Waals surface area contributed by atoms with Gasteiger partial charge in [-0.1, -0.05) is 42.5 Å². The highest BCUT2D eigenvalue weighted by molar-refractivity contribution is 5.89. The molecule has 1 saturated heterocycles. The summed E-state index contributed by atoms with van der Waals surface area (Å²) in [7, 11) is 0. The molecule has 0 radical (unpaired) electrons. The summed E-state index contributed by atoms with van der Waals surface area (Å²) in [5.74, 6) is -0.164. The lowest BCUT2D eigenvalue weighted by atomic mass is 10.0. The number of para-hydroxylation sites is 1. The number of piperidine rings is 1. The molecule has 1 aromatic heterocycles. The fourth-order valence-electron chi connectivity index (χ4n) is 5.48. The van der Waals surface area contributed by atoms with Gasteiger partial charge in [-0.15, -0.1) is 0 Å². The van der Waals surface area contributed by atoms with Crippen LogP contribution < -0.4 is 10.2 Å². The quantitative estimate of drug-likeness (QED) is 0.365. The minimum atomic E-state index is -0.164. The first-order valence-corrected chi connectivity index (χ1v) is 12.4. The van der Waals surface area contributed by atoms with Gasteiger partial charge >= 0.3 is 0 Å². The first-order valence-electron chi connectivity index (χ1n) is 12.4. The van der Waals surface area contributed by atoms with Gasteiger partial charge in [0.1, 0.15) is 5.82 Å². The summed E-state index contributed by atoms with van der Waals surface area (Å²) in [6, 6.07) is 23.1. The highest BCUT2D eigenvalue weighted by Gasteiger charge is 2.20. The number of nitrogens with zero attached hydrogens (tertiary/aromatic N) is 1. The van der Waals surface area contributed by atoms with E-state index in [1.807, 2.05) is 6.07 Å². The summed E-state index contributed by atoms with van der Waals surface area (Å²) < 4.78 is 13.6. The molecule has 1 aliphatic heterocycles. The van der Waals surface area contributed by atoms with Gasteiger partial charge in [0.05, 0.1) is 0 Å². The Hall–Kier alpha value is -3.37. The van der Waals surface area contributed by atoms with Crippen LogP contribution in [-0.4, -0.2) is 30.7 Å². The molecule has 0 unspecified atom stereocenters. The molecule has 0 saturated carbocycles. The van der Waals surface area contributed by atoms with E-state index in [1.54, 1.807) is 12.1 Å². The van der Waals surface area contributed by atoms with E-state index in [4.69, 9.17) is 0 Å². The van der Waals surface area contributed by atoms with Crippen molar-refractivity contribution in [2.75, 3.05) is 24.5 Å². The van der Waals surface area contributed by atoms with Crippen molar-refractivity contribution in [1.82, 2.24) is 10.3 Å². The van der Waals surface area contributed by atoms with Crippen LogP contribution in [0.1, 0.15) is 35.1 Å². The summed E-state index contributed by atoms with van der Waals surface area (Å²) in [5.41, 5.74) is 8.64. The molecule has 1 fully saturated rings. The zero-order valence-corrected chi connectivity index (χ0v) is 19.4. The lowest BCUT2D eigenvalue weighted by Gasteiger charge is -2.34. The molecule has 2 aliphatic rings. The van der Waals surface area contributed by atoms with E-state index in [-0.39, 0.29) is 5.82 Å². The largest absolute Gasteiger partial charge is 0.371 e. The number of nitrogens with one attached hydrogen (secondary N) is 2. The van der Waals surface area contributed by atoms with Crippen molar-refractivity contribution in [2.45, 2.75) is 31.7 Å². The second kappa shape index (κ2) is 9.11. The monoisotopic (exact) mass is 451 g/mol. The van der Waals surface area contributed by atoms with Crippen LogP contribution in [-0.2, 0) is 12.8 Å². The van der Waals surface area contributed by atoms with E-state index in [0.29, 0.717) is 6.04 Å². The van der Waals surface area contributed by atoms with Gasteiger partial charge in [0.2, 0.25) is 0 Å². The fourth-order valence-corrected chi connectivity index (χ4v) is 5.48. The van der Waals surface area contributed by atoms with Crippen LogP contribution in [0.4, 0.5) is 10.1 Å². The van der Waals surface area contributed by atoms with E-state index in [0.717, 1.165) is 50.9 Å². The number of benzene rings is 3. The van der Waals surface area contributed by atoms with E-state index in [1.165, 1.54) is 38.9 Å². The van der Waals surface area contributed by atoms with Gasteiger partial charge in [-0.25, -0.2) is 4.39 Å². The lowest BCUT2D eigenvalue weighted by Crippen LogP contribution is -2.43. The maximum atomic E-state index is 13.6. The molecule has 0 bridgehead atoms. The van der Waals surface area contributed by atoms with Gasteiger partial charge in [0.25, 0.3) is 0 Å². The molecule has 4 aromatic rings. The normalized spacial score (nSPS) is 16.1. The standard InChI is InChI=1S/C30H30FN3/c31-26-9-8-22-16-24(17-25(22)18-26)21-4-3-5-28(19-21)34-14-11-27(12-15-34)32-13-10-23-20-33-30-7-2-1-6-29(23)30/h1-9,17-20,27,32-33H,10-16H2. The van der Waals surface area contributed by atoms with Crippen molar-refractivity contribution < 1.29 is 4.39 Å². The molecule has 172 valence electrons. The molecular weight excluding hydrogens is 421 g/mol. The summed E-state index contributed by atoms with van der Waals surface area (Å²) in [4.78, 5) is 5.88. The minimum absolute atomic E-state index is 0.164. The maximum Gasteiger partial charge on any atom is 0.123 e. The molecule has 0 amide bonds. The maximum absolute atomic E-state index is 13.6. The van der Waals surface area contributed by atoms with Gasteiger partial charge in [0, 0.05) is 41.9 Å². The van der Waals surface area contributed by atoms with Crippen LogP contribution in [0, 0.1) is 5.82 Å². The highest BCUT2D eigenvalue weighted by Crippen LogP contribution is 2.33. The van der Waals surface area contributed by atoms with Gasteiger partial charge < -0.3 is 15.2 Å². The average molecular weight is 452 g/mol. The Morgan fingerprint density at radius 2 is 1.85 bits per heavy atom. The Kier molecular flexibility index (Phi) is 5.68. The van der Waals surface area contributed by atoms with Gasteiger partial charge in [-0.05, 0) is 90.4 Å². The molecule has 2 N–H and O–H groups in total. The molecular formula is C30H30FN3. The summed E-state index contributed by atoms with van der Waals surface area (Å²) in [6.07, 6.45) is 8.53. The van der Waals surface area contributed by atoms with E-state index < -0.39 is 0 Å². The van der Waals surface area contributed by atoms with Crippen molar-refractivity contribution in [1.29, 1.82) is 0 Å². The molecule has 1 aliphatic carbocycles. The van der Waals surface area contributed by atoms with Crippen LogP contribution in [0.15, 0.2) is 72.9 Å². The highest BCUT2D eigenvalue weighted by atomic mass is 19.1. The smallest absolute Gasteiger partial charge is 0.123 e. The van der Waals surface area contributed by atoms with Crippen molar-refractivity contribution in [2.24, 2.45) is 0 Å².